The average Bonchev–Trinajstić information content (AvgIpc) is 2.54. The van der Waals surface area contributed by atoms with Crippen molar-refractivity contribution in [3.63, 3.8) is 0 Å². The molecule has 0 aliphatic carbocycles. The molecule has 1 aromatic carbocycles. The zero-order valence-corrected chi connectivity index (χ0v) is 16.3. The summed E-state index contributed by atoms with van der Waals surface area (Å²) >= 11 is 0. The van der Waals surface area contributed by atoms with Crippen LogP contribution in [0.4, 0.5) is 0 Å². The van der Waals surface area contributed by atoms with E-state index in [2.05, 4.69) is 34.7 Å². The Balaban J connectivity index is 0.00000441. The number of guanidine groups is 1. The first-order chi connectivity index (χ1) is 10.3. The molecule has 0 saturated carbocycles. The van der Waals surface area contributed by atoms with Gasteiger partial charge in [-0.3, -0.25) is 4.99 Å². The maximum atomic E-state index is 5.54. The Morgan fingerprint density at radius 2 is 1.86 bits per heavy atom. The molecule has 22 heavy (non-hydrogen) atoms. The highest BCUT2D eigenvalue weighted by atomic mass is 127. The lowest BCUT2D eigenvalue weighted by molar-refractivity contribution is 0.106. The number of ether oxygens (including phenoxy) is 1. The Labute approximate surface area is 152 Å². The Bertz CT molecular complexity index is 398. The lowest BCUT2D eigenvalue weighted by atomic mass is 10.1. The van der Waals surface area contributed by atoms with Crippen LogP contribution in [0.15, 0.2) is 35.3 Å². The van der Waals surface area contributed by atoms with Gasteiger partial charge in [0.25, 0.3) is 0 Å². The van der Waals surface area contributed by atoms with E-state index in [1.54, 1.807) is 14.2 Å². The lowest BCUT2D eigenvalue weighted by Crippen LogP contribution is -2.40. The van der Waals surface area contributed by atoms with Gasteiger partial charge in [-0.1, -0.05) is 56.5 Å². The molecular formula is C17H30IN3O. The van der Waals surface area contributed by atoms with Crippen LogP contribution in [0, 0.1) is 0 Å². The van der Waals surface area contributed by atoms with Crippen molar-refractivity contribution in [1.82, 2.24) is 10.6 Å². The van der Waals surface area contributed by atoms with Gasteiger partial charge in [-0.25, -0.2) is 0 Å². The van der Waals surface area contributed by atoms with Crippen molar-refractivity contribution >= 4 is 29.9 Å². The van der Waals surface area contributed by atoms with Crippen LogP contribution in [0.1, 0.15) is 44.3 Å². The SMILES string of the molecule is CCCCCCNC(=NC)NCC(OC)c1ccccc1.I. The molecule has 0 aliphatic heterocycles. The van der Waals surface area contributed by atoms with E-state index in [9.17, 15) is 0 Å². The van der Waals surface area contributed by atoms with E-state index < -0.39 is 0 Å². The summed E-state index contributed by atoms with van der Waals surface area (Å²) < 4.78 is 5.54. The van der Waals surface area contributed by atoms with E-state index in [1.165, 1.54) is 31.2 Å². The Kier molecular flexibility index (Phi) is 13.3. The van der Waals surface area contributed by atoms with Crippen LogP contribution < -0.4 is 10.6 Å². The number of benzene rings is 1. The van der Waals surface area contributed by atoms with Gasteiger partial charge in [0.15, 0.2) is 5.96 Å². The molecule has 126 valence electrons. The second-order valence-corrected chi connectivity index (χ2v) is 5.08. The van der Waals surface area contributed by atoms with Crippen molar-refractivity contribution in [3.05, 3.63) is 35.9 Å². The molecule has 0 radical (unpaired) electrons. The highest BCUT2D eigenvalue weighted by molar-refractivity contribution is 14.0. The molecule has 1 unspecified atom stereocenters. The summed E-state index contributed by atoms with van der Waals surface area (Å²) in [6.07, 6.45) is 5.05. The summed E-state index contributed by atoms with van der Waals surface area (Å²) in [6.45, 7) is 3.89. The molecule has 1 rings (SSSR count). The standard InChI is InChI=1S/C17H29N3O.HI/c1-4-5-6-10-13-19-17(18-2)20-14-16(21-3)15-11-8-7-9-12-15;/h7-9,11-12,16H,4-6,10,13-14H2,1-3H3,(H2,18,19,20);1H. The molecule has 5 heteroatoms. The minimum atomic E-state index is 0. The third-order valence-electron chi connectivity index (χ3n) is 3.46. The molecule has 0 fully saturated rings. The number of hydrogen-bond acceptors (Lipinski definition) is 2. The second kappa shape index (κ2) is 13.8. The molecule has 0 amide bonds. The number of aliphatic imine (C=N–C) groups is 1. The highest BCUT2D eigenvalue weighted by Crippen LogP contribution is 2.14. The first-order valence-electron chi connectivity index (χ1n) is 7.84. The molecular weight excluding hydrogens is 389 g/mol. The number of nitrogens with one attached hydrogen (secondary N) is 2. The van der Waals surface area contributed by atoms with Crippen molar-refractivity contribution in [2.75, 3.05) is 27.2 Å². The zero-order valence-electron chi connectivity index (χ0n) is 14.0. The average molecular weight is 419 g/mol. The Morgan fingerprint density at radius 3 is 2.45 bits per heavy atom. The minimum Gasteiger partial charge on any atom is -0.375 e. The van der Waals surface area contributed by atoms with Gasteiger partial charge >= 0.3 is 0 Å². The van der Waals surface area contributed by atoms with Crippen LogP contribution in [0.25, 0.3) is 0 Å². The van der Waals surface area contributed by atoms with Gasteiger partial charge in [-0.15, -0.1) is 24.0 Å². The van der Waals surface area contributed by atoms with Gasteiger partial charge in [0.05, 0.1) is 6.10 Å². The molecule has 0 heterocycles. The van der Waals surface area contributed by atoms with Crippen LogP contribution in [-0.4, -0.2) is 33.2 Å². The molecule has 0 saturated heterocycles. The smallest absolute Gasteiger partial charge is 0.191 e. The third kappa shape index (κ3) is 8.58. The van der Waals surface area contributed by atoms with Gasteiger partial charge in [0.2, 0.25) is 0 Å². The third-order valence-corrected chi connectivity index (χ3v) is 3.46. The molecule has 0 spiro atoms. The van der Waals surface area contributed by atoms with E-state index in [-0.39, 0.29) is 30.1 Å². The fraction of sp³-hybridized carbons (Fsp3) is 0.588. The van der Waals surface area contributed by atoms with Crippen LogP contribution in [0.3, 0.4) is 0 Å². The Morgan fingerprint density at radius 1 is 1.14 bits per heavy atom. The zero-order chi connectivity index (χ0) is 15.3. The van der Waals surface area contributed by atoms with Crippen LogP contribution >= 0.6 is 24.0 Å². The number of halogens is 1. The monoisotopic (exact) mass is 419 g/mol. The van der Waals surface area contributed by atoms with E-state index in [1.807, 2.05) is 18.2 Å². The Hall–Kier alpha value is -0.820. The minimum absolute atomic E-state index is 0. The molecule has 0 bridgehead atoms. The van der Waals surface area contributed by atoms with Gasteiger partial charge < -0.3 is 15.4 Å². The second-order valence-electron chi connectivity index (χ2n) is 5.08. The fourth-order valence-corrected chi connectivity index (χ4v) is 2.17. The number of hydrogen-bond donors (Lipinski definition) is 2. The van der Waals surface area contributed by atoms with Crippen molar-refractivity contribution in [1.29, 1.82) is 0 Å². The van der Waals surface area contributed by atoms with Crippen molar-refractivity contribution in [2.24, 2.45) is 4.99 Å². The van der Waals surface area contributed by atoms with Gasteiger partial charge in [-0.05, 0) is 12.0 Å². The molecule has 0 aromatic heterocycles. The van der Waals surface area contributed by atoms with E-state index in [0.717, 1.165) is 12.5 Å². The van der Waals surface area contributed by atoms with E-state index in [0.29, 0.717) is 6.54 Å². The number of nitrogens with zero attached hydrogens (tertiary/aromatic N) is 1. The molecule has 1 aromatic rings. The quantitative estimate of drug-likeness (QED) is 0.278. The molecule has 1 atom stereocenters. The highest BCUT2D eigenvalue weighted by Gasteiger charge is 2.10. The summed E-state index contributed by atoms with van der Waals surface area (Å²) in [6, 6.07) is 10.2. The summed E-state index contributed by atoms with van der Waals surface area (Å²) in [5, 5.41) is 6.67. The first-order valence-corrected chi connectivity index (χ1v) is 7.84. The maximum absolute atomic E-state index is 5.54. The summed E-state index contributed by atoms with van der Waals surface area (Å²) in [5.41, 5.74) is 1.17. The number of rotatable bonds is 9. The van der Waals surface area contributed by atoms with E-state index in [4.69, 9.17) is 4.74 Å². The van der Waals surface area contributed by atoms with Crippen molar-refractivity contribution in [2.45, 2.75) is 38.7 Å². The number of unbranched alkanes of at least 4 members (excludes halogenated alkanes) is 3. The van der Waals surface area contributed by atoms with Crippen LogP contribution in [-0.2, 0) is 4.74 Å². The van der Waals surface area contributed by atoms with Gasteiger partial charge in [-0.2, -0.15) is 0 Å². The van der Waals surface area contributed by atoms with Gasteiger partial charge in [0, 0.05) is 27.2 Å². The number of methoxy groups -OCH3 is 1. The molecule has 4 nitrogen and oxygen atoms in total. The van der Waals surface area contributed by atoms with Crippen molar-refractivity contribution in [3.8, 4) is 0 Å². The summed E-state index contributed by atoms with van der Waals surface area (Å²) in [4.78, 5) is 4.24. The van der Waals surface area contributed by atoms with Crippen molar-refractivity contribution < 1.29 is 4.74 Å². The largest absolute Gasteiger partial charge is 0.375 e. The molecule has 2 N–H and O–H groups in total. The summed E-state index contributed by atoms with van der Waals surface area (Å²) in [7, 11) is 3.53. The maximum Gasteiger partial charge on any atom is 0.191 e. The van der Waals surface area contributed by atoms with Crippen LogP contribution in [0.5, 0.6) is 0 Å². The first kappa shape index (κ1) is 21.2. The predicted molar refractivity (Wildman–Crippen MR) is 105 cm³/mol. The molecule has 0 aliphatic rings. The van der Waals surface area contributed by atoms with Crippen LogP contribution in [0.2, 0.25) is 0 Å². The topological polar surface area (TPSA) is 45.7 Å². The fourth-order valence-electron chi connectivity index (χ4n) is 2.17. The predicted octanol–water partition coefficient (Wildman–Crippen LogP) is 3.74. The lowest BCUT2D eigenvalue weighted by Gasteiger charge is -2.18. The normalized spacial score (nSPS) is 12.4. The van der Waals surface area contributed by atoms with E-state index >= 15 is 0 Å². The summed E-state index contributed by atoms with van der Waals surface area (Å²) in [5.74, 6) is 0.837. The van der Waals surface area contributed by atoms with Gasteiger partial charge in [0.1, 0.15) is 0 Å².